The topological polar surface area (TPSA) is 102 Å². The molecule has 120 valence electrons. The number of carbonyl (C=O) groups is 1. The Bertz CT molecular complexity index is 922. The zero-order valence-corrected chi connectivity index (χ0v) is 12.5. The van der Waals surface area contributed by atoms with Crippen LogP contribution in [0.15, 0.2) is 59.7 Å². The molecule has 0 aromatic heterocycles. The summed E-state index contributed by atoms with van der Waals surface area (Å²) in [5.74, 6) is -2.47. The summed E-state index contributed by atoms with van der Waals surface area (Å²) in [6, 6.07) is 15.6. The number of hydrazone groups is 1. The summed E-state index contributed by atoms with van der Waals surface area (Å²) < 4.78 is 0. The SMILES string of the molecule is O=C(NN=Cc1cccc2ccccc12)c1cc(O)c(O)c(O)c1. The van der Waals surface area contributed by atoms with E-state index >= 15 is 0 Å². The van der Waals surface area contributed by atoms with Crippen LogP contribution in [0.25, 0.3) is 10.8 Å². The van der Waals surface area contributed by atoms with E-state index in [-0.39, 0.29) is 5.56 Å². The molecule has 0 fully saturated rings. The van der Waals surface area contributed by atoms with E-state index in [1.54, 1.807) is 0 Å². The molecule has 1 amide bonds. The molecule has 0 spiro atoms. The molecule has 3 aromatic carbocycles. The van der Waals surface area contributed by atoms with Crippen molar-refractivity contribution in [1.29, 1.82) is 0 Å². The number of rotatable bonds is 3. The number of hydrogen-bond acceptors (Lipinski definition) is 5. The van der Waals surface area contributed by atoms with Crippen molar-refractivity contribution in [2.75, 3.05) is 0 Å². The first kappa shape index (κ1) is 15.4. The van der Waals surface area contributed by atoms with Crippen molar-refractivity contribution < 1.29 is 20.1 Å². The summed E-state index contributed by atoms with van der Waals surface area (Å²) in [7, 11) is 0. The van der Waals surface area contributed by atoms with Gasteiger partial charge in [0.05, 0.1) is 6.21 Å². The largest absolute Gasteiger partial charge is 0.504 e. The number of fused-ring (bicyclic) bond motifs is 1. The standard InChI is InChI=1S/C18H14N2O4/c21-15-8-13(9-16(22)17(15)23)18(24)20-19-10-12-6-3-5-11-4-1-2-7-14(11)12/h1-10,21-23H,(H,20,24). The minimum Gasteiger partial charge on any atom is -0.504 e. The molecule has 0 unspecified atom stereocenters. The molecule has 24 heavy (non-hydrogen) atoms. The molecule has 4 N–H and O–H groups in total. The highest BCUT2D eigenvalue weighted by Gasteiger charge is 2.12. The predicted octanol–water partition coefficient (Wildman–Crippen LogP) is 2.72. The van der Waals surface area contributed by atoms with Gasteiger partial charge in [0.15, 0.2) is 17.2 Å². The van der Waals surface area contributed by atoms with Crippen LogP contribution in [-0.4, -0.2) is 27.4 Å². The van der Waals surface area contributed by atoms with Crippen LogP contribution in [0, 0.1) is 0 Å². The number of amides is 1. The maximum atomic E-state index is 12.0. The molecular formula is C18H14N2O4. The Morgan fingerprint density at radius 2 is 1.62 bits per heavy atom. The van der Waals surface area contributed by atoms with Crippen LogP contribution in [0.4, 0.5) is 0 Å². The first-order chi connectivity index (χ1) is 11.6. The van der Waals surface area contributed by atoms with Crippen LogP contribution in [0.5, 0.6) is 17.2 Å². The van der Waals surface area contributed by atoms with E-state index in [4.69, 9.17) is 0 Å². The number of hydrogen-bond donors (Lipinski definition) is 4. The van der Waals surface area contributed by atoms with Crippen LogP contribution in [0.2, 0.25) is 0 Å². The van der Waals surface area contributed by atoms with Gasteiger partial charge in [-0.3, -0.25) is 4.79 Å². The number of phenols is 3. The molecule has 0 aliphatic heterocycles. The summed E-state index contributed by atoms with van der Waals surface area (Å²) in [4.78, 5) is 12.0. The zero-order chi connectivity index (χ0) is 17.1. The second-order valence-electron chi connectivity index (χ2n) is 5.13. The average molecular weight is 322 g/mol. The Labute approximate surface area is 137 Å². The molecule has 0 aliphatic carbocycles. The average Bonchev–Trinajstić information content (AvgIpc) is 2.59. The van der Waals surface area contributed by atoms with Crippen LogP contribution in [0.3, 0.4) is 0 Å². The highest BCUT2D eigenvalue weighted by Crippen LogP contribution is 2.35. The van der Waals surface area contributed by atoms with Gasteiger partial charge in [-0.05, 0) is 22.9 Å². The van der Waals surface area contributed by atoms with Crippen molar-refractivity contribution in [1.82, 2.24) is 5.43 Å². The number of nitrogens with one attached hydrogen (secondary N) is 1. The van der Waals surface area contributed by atoms with Gasteiger partial charge in [0.1, 0.15) is 0 Å². The van der Waals surface area contributed by atoms with Gasteiger partial charge in [0.25, 0.3) is 5.91 Å². The third kappa shape index (κ3) is 2.98. The Morgan fingerprint density at radius 1 is 0.958 bits per heavy atom. The fourth-order valence-electron chi connectivity index (χ4n) is 2.32. The van der Waals surface area contributed by atoms with Gasteiger partial charge in [-0.1, -0.05) is 42.5 Å². The molecule has 3 aromatic rings. The molecule has 0 heterocycles. The lowest BCUT2D eigenvalue weighted by Crippen LogP contribution is -2.17. The lowest BCUT2D eigenvalue weighted by molar-refractivity contribution is 0.0954. The van der Waals surface area contributed by atoms with E-state index in [9.17, 15) is 20.1 Å². The molecule has 0 aliphatic rings. The maximum Gasteiger partial charge on any atom is 0.271 e. The van der Waals surface area contributed by atoms with Crippen molar-refractivity contribution in [2.45, 2.75) is 0 Å². The van der Waals surface area contributed by atoms with Crippen molar-refractivity contribution >= 4 is 22.9 Å². The van der Waals surface area contributed by atoms with Gasteiger partial charge >= 0.3 is 0 Å². The Balaban J connectivity index is 1.80. The highest BCUT2D eigenvalue weighted by atomic mass is 16.3. The summed E-state index contributed by atoms with van der Waals surface area (Å²) >= 11 is 0. The maximum absolute atomic E-state index is 12.0. The van der Waals surface area contributed by atoms with Crippen LogP contribution in [0.1, 0.15) is 15.9 Å². The number of benzene rings is 3. The molecule has 0 saturated carbocycles. The first-order valence-corrected chi connectivity index (χ1v) is 7.12. The van der Waals surface area contributed by atoms with Crippen molar-refractivity contribution in [3.8, 4) is 17.2 Å². The van der Waals surface area contributed by atoms with Gasteiger partial charge in [-0.25, -0.2) is 5.43 Å². The Kier molecular flexibility index (Phi) is 4.03. The molecule has 0 atom stereocenters. The lowest BCUT2D eigenvalue weighted by atomic mass is 10.1. The third-order valence-electron chi connectivity index (χ3n) is 3.52. The van der Waals surface area contributed by atoms with Crippen LogP contribution < -0.4 is 5.43 Å². The molecule has 0 radical (unpaired) electrons. The van der Waals surface area contributed by atoms with Crippen molar-refractivity contribution in [3.63, 3.8) is 0 Å². The minimum atomic E-state index is -0.675. The van der Waals surface area contributed by atoms with Gasteiger partial charge in [-0.15, -0.1) is 0 Å². The third-order valence-corrected chi connectivity index (χ3v) is 3.52. The normalized spacial score (nSPS) is 11.0. The molecule has 3 rings (SSSR count). The monoisotopic (exact) mass is 322 g/mol. The van der Waals surface area contributed by atoms with E-state index < -0.39 is 23.2 Å². The van der Waals surface area contributed by atoms with E-state index in [2.05, 4.69) is 10.5 Å². The summed E-state index contributed by atoms with van der Waals surface area (Å²) in [5.41, 5.74) is 3.12. The Hall–Kier alpha value is -3.54. The minimum absolute atomic E-state index is 0.0298. The predicted molar refractivity (Wildman–Crippen MR) is 90.4 cm³/mol. The summed E-state index contributed by atoms with van der Waals surface area (Å²) in [5, 5.41) is 34.1. The fraction of sp³-hybridized carbons (Fsp3) is 0. The van der Waals surface area contributed by atoms with E-state index in [1.165, 1.54) is 6.21 Å². The number of nitrogens with zero attached hydrogens (tertiary/aromatic N) is 1. The Morgan fingerprint density at radius 3 is 2.38 bits per heavy atom. The second-order valence-corrected chi connectivity index (χ2v) is 5.13. The first-order valence-electron chi connectivity index (χ1n) is 7.12. The summed E-state index contributed by atoms with van der Waals surface area (Å²) in [6.45, 7) is 0. The summed E-state index contributed by atoms with van der Waals surface area (Å²) in [6.07, 6.45) is 1.51. The second kappa shape index (κ2) is 6.29. The molecule has 0 bridgehead atoms. The number of carbonyl (C=O) groups excluding carboxylic acids is 1. The molecule has 6 heteroatoms. The van der Waals surface area contributed by atoms with Crippen molar-refractivity contribution in [2.24, 2.45) is 5.10 Å². The van der Waals surface area contributed by atoms with Gasteiger partial charge in [0, 0.05) is 11.1 Å². The van der Waals surface area contributed by atoms with Gasteiger partial charge in [0.2, 0.25) is 0 Å². The van der Waals surface area contributed by atoms with Crippen LogP contribution >= 0.6 is 0 Å². The van der Waals surface area contributed by atoms with Gasteiger partial charge in [-0.2, -0.15) is 5.10 Å². The smallest absolute Gasteiger partial charge is 0.271 e. The zero-order valence-electron chi connectivity index (χ0n) is 12.5. The van der Waals surface area contributed by atoms with E-state index in [0.717, 1.165) is 28.5 Å². The van der Waals surface area contributed by atoms with Gasteiger partial charge < -0.3 is 15.3 Å². The number of phenolic OH excluding ortho intramolecular Hbond substituents is 3. The van der Waals surface area contributed by atoms with Crippen molar-refractivity contribution in [3.05, 3.63) is 65.7 Å². The number of aromatic hydroxyl groups is 3. The molecule has 6 nitrogen and oxygen atoms in total. The van der Waals surface area contributed by atoms with Crippen LogP contribution in [-0.2, 0) is 0 Å². The molecular weight excluding hydrogens is 308 g/mol. The van der Waals surface area contributed by atoms with E-state index in [1.807, 2.05) is 42.5 Å². The molecule has 0 saturated heterocycles. The quantitative estimate of drug-likeness (QED) is 0.338. The fourth-order valence-corrected chi connectivity index (χ4v) is 2.32. The lowest BCUT2D eigenvalue weighted by Gasteiger charge is -2.05. The highest BCUT2D eigenvalue weighted by molar-refractivity contribution is 6.01. The van der Waals surface area contributed by atoms with E-state index in [0.29, 0.717) is 0 Å².